The number of pyridine rings is 1. The minimum Gasteiger partial charge on any atom is -0.465 e. The van der Waals surface area contributed by atoms with Crippen molar-refractivity contribution in [2.75, 3.05) is 12.4 Å². The van der Waals surface area contributed by atoms with Crippen LogP contribution in [0, 0.1) is 0 Å². The van der Waals surface area contributed by atoms with E-state index >= 15 is 0 Å². The van der Waals surface area contributed by atoms with E-state index < -0.39 is 5.97 Å². The summed E-state index contributed by atoms with van der Waals surface area (Å²) in [5.41, 5.74) is 1.01. The van der Waals surface area contributed by atoms with Crippen molar-refractivity contribution >= 4 is 68.1 Å². The van der Waals surface area contributed by atoms with Gasteiger partial charge in [0.05, 0.1) is 23.5 Å². The highest BCUT2D eigenvalue weighted by Crippen LogP contribution is 2.36. The van der Waals surface area contributed by atoms with E-state index in [2.05, 4.69) is 26.2 Å². The summed E-state index contributed by atoms with van der Waals surface area (Å²) >= 11 is 21.5. The first kappa shape index (κ1) is 16.4. The van der Waals surface area contributed by atoms with E-state index in [9.17, 15) is 4.79 Å². The smallest absolute Gasteiger partial charge is 0.341 e. The summed E-state index contributed by atoms with van der Waals surface area (Å²) < 4.78 is 5.52. The van der Waals surface area contributed by atoms with Crippen LogP contribution < -0.4 is 5.32 Å². The maximum absolute atomic E-state index is 11.8. The molecule has 0 aliphatic heterocycles. The first-order chi connectivity index (χ1) is 9.93. The van der Waals surface area contributed by atoms with Crippen molar-refractivity contribution < 1.29 is 9.53 Å². The molecule has 110 valence electrons. The lowest BCUT2D eigenvalue weighted by molar-refractivity contribution is 0.0601. The highest BCUT2D eigenvalue weighted by atomic mass is 79.9. The summed E-state index contributed by atoms with van der Waals surface area (Å²) in [5, 5.41) is 3.61. The van der Waals surface area contributed by atoms with Crippen molar-refractivity contribution in [2.24, 2.45) is 0 Å². The molecule has 0 saturated heterocycles. The van der Waals surface area contributed by atoms with Gasteiger partial charge in [-0.05, 0) is 18.2 Å². The first-order valence-corrected chi connectivity index (χ1v) is 7.51. The largest absolute Gasteiger partial charge is 0.465 e. The number of aromatic nitrogens is 1. The maximum atomic E-state index is 11.8. The molecule has 21 heavy (non-hydrogen) atoms. The lowest BCUT2D eigenvalue weighted by Crippen LogP contribution is -2.07. The third-order valence-electron chi connectivity index (χ3n) is 2.57. The third kappa shape index (κ3) is 3.61. The Kier molecular flexibility index (Phi) is 5.32. The molecule has 1 heterocycles. The van der Waals surface area contributed by atoms with Gasteiger partial charge in [0.1, 0.15) is 15.7 Å². The molecule has 4 nitrogen and oxygen atoms in total. The zero-order chi connectivity index (χ0) is 15.6. The molecular formula is C13H8BrCl3N2O2. The molecule has 1 aromatic heterocycles. The van der Waals surface area contributed by atoms with E-state index in [0.29, 0.717) is 10.7 Å². The molecule has 0 spiro atoms. The lowest BCUT2D eigenvalue weighted by Gasteiger charge is -2.14. The van der Waals surface area contributed by atoms with Gasteiger partial charge in [0.15, 0.2) is 0 Å². The summed E-state index contributed by atoms with van der Waals surface area (Å²) in [4.78, 5) is 15.6. The van der Waals surface area contributed by atoms with Crippen LogP contribution in [0.4, 0.5) is 11.4 Å². The number of rotatable bonds is 3. The molecule has 0 saturated carbocycles. The molecule has 0 bridgehead atoms. The Morgan fingerprint density at radius 3 is 2.67 bits per heavy atom. The van der Waals surface area contributed by atoms with Gasteiger partial charge in [0.2, 0.25) is 0 Å². The molecule has 0 atom stereocenters. The summed E-state index contributed by atoms with van der Waals surface area (Å²) in [5.74, 6) is -0.586. The normalized spacial score (nSPS) is 10.3. The number of halogens is 4. The second kappa shape index (κ2) is 6.83. The second-order valence-electron chi connectivity index (χ2n) is 3.89. The van der Waals surface area contributed by atoms with Crippen LogP contribution in [0.15, 0.2) is 28.9 Å². The van der Waals surface area contributed by atoms with Crippen LogP contribution >= 0.6 is 50.7 Å². The van der Waals surface area contributed by atoms with E-state index in [1.165, 1.54) is 13.3 Å². The summed E-state index contributed by atoms with van der Waals surface area (Å²) in [6, 6.07) is 5.24. The molecule has 8 heteroatoms. The van der Waals surface area contributed by atoms with Crippen LogP contribution in [0.25, 0.3) is 0 Å². The van der Waals surface area contributed by atoms with Crippen LogP contribution in [-0.4, -0.2) is 18.1 Å². The van der Waals surface area contributed by atoms with Gasteiger partial charge >= 0.3 is 5.97 Å². The molecule has 0 fully saturated rings. The van der Waals surface area contributed by atoms with Crippen LogP contribution in [0.1, 0.15) is 10.4 Å². The average molecular weight is 410 g/mol. The minimum absolute atomic E-state index is 0.0695. The first-order valence-electron chi connectivity index (χ1n) is 5.58. The standard InChI is InChI=1S/C13H8BrCl3N2O2/c1-21-13(20)7-5-18-12(17)10(16)11(7)19-9-3-2-6(14)4-8(9)15/h2-5H,1H3,(H,18,19). The van der Waals surface area contributed by atoms with Gasteiger partial charge in [-0.2, -0.15) is 0 Å². The molecule has 0 radical (unpaired) electrons. The fraction of sp³-hybridized carbons (Fsp3) is 0.0769. The van der Waals surface area contributed by atoms with E-state index in [4.69, 9.17) is 39.5 Å². The van der Waals surface area contributed by atoms with Crippen molar-refractivity contribution in [3.8, 4) is 0 Å². The topological polar surface area (TPSA) is 51.2 Å². The molecule has 0 aliphatic rings. The van der Waals surface area contributed by atoms with Gasteiger partial charge in [-0.3, -0.25) is 0 Å². The Morgan fingerprint density at radius 2 is 2.05 bits per heavy atom. The fourth-order valence-corrected chi connectivity index (χ4v) is 2.64. The van der Waals surface area contributed by atoms with Crippen LogP contribution in [-0.2, 0) is 4.74 Å². The van der Waals surface area contributed by atoms with Gasteiger partial charge < -0.3 is 10.1 Å². The number of methoxy groups -OCH3 is 1. The average Bonchev–Trinajstić information content (AvgIpc) is 2.45. The zero-order valence-electron chi connectivity index (χ0n) is 10.6. The molecule has 0 aliphatic carbocycles. The van der Waals surface area contributed by atoms with E-state index in [1.54, 1.807) is 18.2 Å². The molecular weight excluding hydrogens is 402 g/mol. The van der Waals surface area contributed by atoms with Gasteiger partial charge in [-0.15, -0.1) is 0 Å². The molecule has 2 rings (SSSR count). The fourth-order valence-electron chi connectivity index (χ4n) is 1.58. The number of carbonyl (C=O) groups excluding carboxylic acids is 1. The SMILES string of the molecule is COC(=O)c1cnc(Cl)c(Cl)c1Nc1ccc(Br)cc1Cl. The Labute approximate surface area is 144 Å². The summed E-state index contributed by atoms with van der Waals surface area (Å²) in [6.45, 7) is 0. The van der Waals surface area contributed by atoms with Gasteiger partial charge in [0, 0.05) is 10.7 Å². The number of benzene rings is 1. The predicted molar refractivity (Wildman–Crippen MR) is 88.0 cm³/mol. The number of anilines is 2. The predicted octanol–water partition coefficient (Wildman–Crippen LogP) is 5.33. The molecule has 2 aromatic rings. The Bertz CT molecular complexity index is 710. The molecule has 1 N–H and O–H groups in total. The maximum Gasteiger partial charge on any atom is 0.341 e. The Morgan fingerprint density at radius 1 is 1.33 bits per heavy atom. The summed E-state index contributed by atoms with van der Waals surface area (Å²) in [7, 11) is 1.27. The number of hydrogen-bond acceptors (Lipinski definition) is 4. The molecule has 0 unspecified atom stereocenters. The molecule has 1 aromatic carbocycles. The Balaban J connectivity index is 2.51. The van der Waals surface area contributed by atoms with Gasteiger partial charge in [0.25, 0.3) is 0 Å². The zero-order valence-corrected chi connectivity index (χ0v) is 14.4. The van der Waals surface area contributed by atoms with Crippen molar-refractivity contribution in [1.29, 1.82) is 0 Å². The van der Waals surface area contributed by atoms with Crippen LogP contribution in [0.5, 0.6) is 0 Å². The monoisotopic (exact) mass is 408 g/mol. The summed E-state index contributed by atoms with van der Waals surface area (Å²) in [6.07, 6.45) is 1.29. The number of nitrogens with zero attached hydrogens (tertiary/aromatic N) is 1. The van der Waals surface area contributed by atoms with Crippen LogP contribution in [0.2, 0.25) is 15.2 Å². The third-order valence-corrected chi connectivity index (χ3v) is 4.13. The van der Waals surface area contributed by atoms with Crippen molar-refractivity contribution in [1.82, 2.24) is 4.98 Å². The lowest BCUT2D eigenvalue weighted by atomic mass is 10.2. The number of nitrogens with one attached hydrogen (secondary N) is 1. The van der Waals surface area contributed by atoms with E-state index in [-0.39, 0.29) is 21.4 Å². The van der Waals surface area contributed by atoms with Crippen molar-refractivity contribution in [2.45, 2.75) is 0 Å². The Hall–Kier alpha value is -1.01. The van der Waals surface area contributed by atoms with E-state index in [0.717, 1.165) is 4.47 Å². The number of hydrogen-bond donors (Lipinski definition) is 1. The minimum atomic E-state index is -0.586. The highest BCUT2D eigenvalue weighted by Gasteiger charge is 2.19. The van der Waals surface area contributed by atoms with Gasteiger partial charge in [-0.25, -0.2) is 9.78 Å². The van der Waals surface area contributed by atoms with Gasteiger partial charge in [-0.1, -0.05) is 50.7 Å². The number of carbonyl (C=O) groups is 1. The molecule has 0 amide bonds. The van der Waals surface area contributed by atoms with Crippen molar-refractivity contribution in [3.05, 3.63) is 49.6 Å². The second-order valence-corrected chi connectivity index (χ2v) is 5.95. The number of ether oxygens (including phenoxy) is 1. The van der Waals surface area contributed by atoms with E-state index in [1.807, 2.05) is 0 Å². The number of esters is 1. The van der Waals surface area contributed by atoms with Crippen LogP contribution in [0.3, 0.4) is 0 Å². The van der Waals surface area contributed by atoms with Crippen molar-refractivity contribution in [3.63, 3.8) is 0 Å². The quantitative estimate of drug-likeness (QED) is 0.549. The highest BCUT2D eigenvalue weighted by molar-refractivity contribution is 9.10.